The van der Waals surface area contributed by atoms with Gasteiger partial charge in [-0.15, -0.1) is 0 Å². The second-order valence-electron chi connectivity index (χ2n) is 11.5. The second-order valence-corrected chi connectivity index (χ2v) is 11.5. The summed E-state index contributed by atoms with van der Waals surface area (Å²) in [4.78, 5) is 47.0. The van der Waals surface area contributed by atoms with E-state index in [0.717, 1.165) is 11.1 Å². The van der Waals surface area contributed by atoms with Crippen molar-refractivity contribution < 1.29 is 28.9 Å². The Morgan fingerprint density at radius 1 is 1.04 bits per heavy atom. The van der Waals surface area contributed by atoms with Crippen molar-refractivity contribution in [3.8, 4) is 28.4 Å². The number of carbonyl (C=O) groups is 2. The Balaban J connectivity index is 1.56. The van der Waals surface area contributed by atoms with E-state index in [1.54, 1.807) is 38.5 Å². The lowest BCUT2D eigenvalue weighted by molar-refractivity contribution is -0.120. The largest absolute Gasteiger partial charge is 0.493 e. The van der Waals surface area contributed by atoms with E-state index >= 15 is 0 Å². The highest BCUT2D eigenvalue weighted by Gasteiger charge is 2.30. The van der Waals surface area contributed by atoms with E-state index < -0.39 is 12.1 Å². The van der Waals surface area contributed by atoms with Gasteiger partial charge in [-0.1, -0.05) is 19.9 Å². The van der Waals surface area contributed by atoms with Crippen molar-refractivity contribution >= 4 is 34.2 Å². The number of anilines is 2. The molecule has 0 bridgehead atoms. The van der Waals surface area contributed by atoms with Crippen LogP contribution in [0.5, 0.6) is 17.2 Å². The maximum absolute atomic E-state index is 13.8. The predicted octanol–water partition coefficient (Wildman–Crippen LogP) is 4.31. The summed E-state index contributed by atoms with van der Waals surface area (Å²) in [6, 6.07) is 10.9. The number of aryl methyl sites for hydroxylation is 1. The number of imidazole rings is 1. The highest BCUT2D eigenvalue weighted by atomic mass is 16.5. The molecule has 1 heterocycles. The van der Waals surface area contributed by atoms with Crippen molar-refractivity contribution in [2.24, 2.45) is 5.92 Å². The number of hydrogen-bond donors (Lipinski definition) is 5. The molecule has 2 atom stereocenters. The Labute approximate surface area is 266 Å². The standard InChI is InChI=1S/C34H39N5O7/c1-17(2)31(34(43)36-20-8-11-24-26(14-20)38-29(16-40)37-24)39-25-12-9-21-22(15-27(25)42)23(35-18(3)41)10-7-19-13-28(44-4)32(45-5)33(46-6)30(19)21/h8-9,11-15,17,23,31,40H,7,10,16H2,1-6H3,(H,35,41)(H,36,43)(H,37,38)(H,39,42)/t23-,31+/m0/s1. The van der Waals surface area contributed by atoms with Gasteiger partial charge in [-0.05, 0) is 71.8 Å². The number of aliphatic hydroxyl groups excluding tert-OH is 1. The van der Waals surface area contributed by atoms with Crippen LogP contribution < -0.4 is 35.6 Å². The van der Waals surface area contributed by atoms with Gasteiger partial charge in [0.05, 0.1) is 44.1 Å². The third-order valence-electron chi connectivity index (χ3n) is 8.12. The fourth-order valence-electron chi connectivity index (χ4n) is 5.96. The van der Waals surface area contributed by atoms with Crippen molar-refractivity contribution in [1.82, 2.24) is 15.3 Å². The number of nitrogens with one attached hydrogen (secondary N) is 4. The average Bonchev–Trinajstić information content (AvgIpc) is 3.31. The number of rotatable bonds is 10. The number of hydrogen-bond acceptors (Lipinski definition) is 9. The number of H-pyrrole nitrogens is 1. The minimum atomic E-state index is -0.766. The summed E-state index contributed by atoms with van der Waals surface area (Å²) < 4.78 is 17.1. The summed E-state index contributed by atoms with van der Waals surface area (Å²) in [7, 11) is 4.63. The second kappa shape index (κ2) is 13.5. The first-order chi connectivity index (χ1) is 22.1. The molecular formula is C34H39N5O7. The van der Waals surface area contributed by atoms with Crippen LogP contribution in [0.2, 0.25) is 0 Å². The lowest BCUT2D eigenvalue weighted by Gasteiger charge is -2.22. The number of aliphatic hydroxyl groups is 1. The fraction of sp³-hybridized carbons (Fsp3) is 0.353. The molecule has 46 heavy (non-hydrogen) atoms. The molecule has 242 valence electrons. The van der Waals surface area contributed by atoms with Crippen LogP contribution in [0.3, 0.4) is 0 Å². The van der Waals surface area contributed by atoms with E-state index in [0.29, 0.717) is 63.8 Å². The molecule has 12 nitrogen and oxygen atoms in total. The van der Waals surface area contributed by atoms with Gasteiger partial charge in [0, 0.05) is 18.2 Å². The lowest BCUT2D eigenvalue weighted by atomic mass is 9.95. The Kier molecular flexibility index (Phi) is 9.47. The van der Waals surface area contributed by atoms with E-state index in [2.05, 4.69) is 25.9 Å². The molecule has 2 amide bonds. The monoisotopic (exact) mass is 629 g/mol. The molecule has 4 aromatic rings. The van der Waals surface area contributed by atoms with Gasteiger partial charge < -0.3 is 40.3 Å². The van der Waals surface area contributed by atoms with Gasteiger partial charge in [0.15, 0.2) is 11.5 Å². The third-order valence-corrected chi connectivity index (χ3v) is 8.12. The average molecular weight is 630 g/mol. The number of carbonyl (C=O) groups excluding carboxylic acids is 2. The lowest BCUT2D eigenvalue weighted by Crippen LogP contribution is -2.39. The minimum Gasteiger partial charge on any atom is -0.493 e. The number of aromatic amines is 1. The van der Waals surface area contributed by atoms with E-state index in [-0.39, 0.29) is 35.5 Å². The zero-order valence-electron chi connectivity index (χ0n) is 26.7. The Hall–Kier alpha value is -5.10. The van der Waals surface area contributed by atoms with Crippen LogP contribution in [-0.4, -0.2) is 54.3 Å². The molecule has 3 aromatic carbocycles. The summed E-state index contributed by atoms with van der Waals surface area (Å²) in [5.41, 5.74) is 4.73. The molecule has 5 rings (SSSR count). The number of aromatic nitrogens is 2. The zero-order valence-corrected chi connectivity index (χ0v) is 26.7. The van der Waals surface area contributed by atoms with Gasteiger partial charge in [-0.2, -0.15) is 0 Å². The molecule has 12 heteroatoms. The fourth-order valence-corrected chi connectivity index (χ4v) is 5.96. The predicted molar refractivity (Wildman–Crippen MR) is 176 cm³/mol. The molecule has 1 aliphatic carbocycles. The van der Waals surface area contributed by atoms with Gasteiger partial charge in [-0.3, -0.25) is 14.4 Å². The van der Waals surface area contributed by atoms with Crippen molar-refractivity contribution in [3.05, 3.63) is 69.6 Å². The molecule has 0 saturated heterocycles. The molecule has 0 saturated carbocycles. The van der Waals surface area contributed by atoms with Crippen LogP contribution in [-0.2, 0) is 22.6 Å². The van der Waals surface area contributed by atoms with E-state index in [1.807, 2.05) is 26.0 Å². The molecular weight excluding hydrogens is 590 g/mol. The number of amides is 2. The topological polar surface area (TPSA) is 164 Å². The Morgan fingerprint density at radius 3 is 2.46 bits per heavy atom. The SMILES string of the molecule is COc1cc2c(c(OC)c1OC)-c1ccc(N[C@@H](C(=O)Nc3ccc4nc(CO)[nH]c4c3)C(C)C)c(=O)cc1[C@@H](NC(C)=O)CC2. The highest BCUT2D eigenvalue weighted by molar-refractivity contribution is 5.98. The molecule has 5 N–H and O–H groups in total. The summed E-state index contributed by atoms with van der Waals surface area (Å²) in [6.45, 7) is 4.99. The quantitative estimate of drug-likeness (QED) is 0.172. The van der Waals surface area contributed by atoms with Crippen LogP contribution in [0, 0.1) is 5.92 Å². The Bertz CT molecular complexity index is 1850. The van der Waals surface area contributed by atoms with Gasteiger partial charge >= 0.3 is 0 Å². The normalized spacial score (nSPS) is 14.5. The van der Waals surface area contributed by atoms with Gasteiger partial charge in [0.1, 0.15) is 18.5 Å². The maximum atomic E-state index is 13.8. The van der Waals surface area contributed by atoms with Crippen LogP contribution in [0.1, 0.15) is 50.2 Å². The summed E-state index contributed by atoms with van der Waals surface area (Å²) >= 11 is 0. The number of nitrogens with zero attached hydrogens (tertiary/aromatic N) is 1. The number of ether oxygens (including phenoxy) is 3. The molecule has 0 fully saturated rings. The van der Waals surface area contributed by atoms with Gasteiger partial charge in [0.2, 0.25) is 23.0 Å². The van der Waals surface area contributed by atoms with Crippen LogP contribution >= 0.6 is 0 Å². The van der Waals surface area contributed by atoms with Crippen LogP contribution in [0.4, 0.5) is 11.4 Å². The smallest absolute Gasteiger partial charge is 0.247 e. The number of methoxy groups -OCH3 is 3. The van der Waals surface area contributed by atoms with Crippen LogP contribution in [0.15, 0.2) is 47.3 Å². The summed E-state index contributed by atoms with van der Waals surface area (Å²) in [6.07, 6.45) is 1.11. The number of fused-ring (bicyclic) bond motifs is 4. The van der Waals surface area contributed by atoms with Gasteiger partial charge in [-0.25, -0.2) is 4.98 Å². The minimum absolute atomic E-state index is 0.190. The molecule has 1 aromatic heterocycles. The third kappa shape index (κ3) is 6.34. The number of benzene rings is 2. The van der Waals surface area contributed by atoms with E-state index in [9.17, 15) is 19.5 Å². The molecule has 0 aliphatic heterocycles. The molecule has 0 unspecified atom stereocenters. The van der Waals surface area contributed by atoms with Gasteiger partial charge in [0.25, 0.3) is 0 Å². The zero-order chi connectivity index (χ0) is 33.1. The van der Waals surface area contributed by atoms with Crippen molar-refractivity contribution in [3.63, 3.8) is 0 Å². The van der Waals surface area contributed by atoms with Crippen molar-refractivity contribution in [2.75, 3.05) is 32.0 Å². The maximum Gasteiger partial charge on any atom is 0.247 e. The first-order valence-corrected chi connectivity index (χ1v) is 15.0. The first kappa shape index (κ1) is 32.3. The van der Waals surface area contributed by atoms with Crippen molar-refractivity contribution in [2.45, 2.75) is 52.3 Å². The molecule has 1 aliphatic rings. The summed E-state index contributed by atoms with van der Waals surface area (Å²) in [5, 5.41) is 18.5. The van der Waals surface area contributed by atoms with Crippen LogP contribution in [0.25, 0.3) is 22.2 Å². The molecule has 0 radical (unpaired) electrons. The Morgan fingerprint density at radius 2 is 1.80 bits per heavy atom. The molecule has 0 spiro atoms. The highest BCUT2D eigenvalue weighted by Crippen LogP contribution is 2.50. The van der Waals surface area contributed by atoms with Crippen molar-refractivity contribution in [1.29, 1.82) is 0 Å². The van der Waals surface area contributed by atoms with E-state index in [4.69, 9.17) is 14.2 Å². The summed E-state index contributed by atoms with van der Waals surface area (Å²) in [5.74, 6) is 1.06. The first-order valence-electron chi connectivity index (χ1n) is 15.0. The van der Waals surface area contributed by atoms with E-state index in [1.165, 1.54) is 20.1 Å².